The van der Waals surface area contributed by atoms with E-state index in [0.29, 0.717) is 11.4 Å². The molecule has 0 saturated heterocycles. The van der Waals surface area contributed by atoms with Crippen LogP contribution in [0, 0.1) is 0 Å². The van der Waals surface area contributed by atoms with Crippen LogP contribution in [0.25, 0.3) is 0 Å². The number of halogens is 1. The van der Waals surface area contributed by atoms with Crippen LogP contribution >= 0.6 is 11.6 Å². The highest BCUT2D eigenvalue weighted by molar-refractivity contribution is 6.34. The minimum absolute atomic E-state index is 0.193. The minimum Gasteiger partial charge on any atom is -0.496 e. The third-order valence-corrected chi connectivity index (χ3v) is 3.40. The van der Waals surface area contributed by atoms with Crippen LogP contribution in [0.15, 0.2) is 42.5 Å². The zero-order valence-electron chi connectivity index (χ0n) is 12.7. The monoisotopic (exact) mass is 333 g/mol. The Balaban J connectivity index is 2.40. The fourth-order valence-electron chi connectivity index (χ4n) is 2.01. The van der Waals surface area contributed by atoms with Crippen molar-refractivity contribution in [3.8, 4) is 5.75 Å². The van der Waals surface area contributed by atoms with Gasteiger partial charge in [0, 0.05) is 13.0 Å². The molecule has 2 aromatic carbocycles. The minimum atomic E-state index is -0.482. The van der Waals surface area contributed by atoms with Crippen LogP contribution in [0.1, 0.15) is 17.3 Å². The number of nitrogens with one attached hydrogen (secondary N) is 1. The number of nitrogens with zero attached hydrogens (tertiary/aromatic N) is 1. The summed E-state index contributed by atoms with van der Waals surface area (Å²) in [5.41, 5.74) is 1.08. The molecule has 0 fully saturated rings. The lowest BCUT2D eigenvalue weighted by molar-refractivity contribution is -0.114. The van der Waals surface area contributed by atoms with E-state index in [-0.39, 0.29) is 22.2 Å². The normalized spacial score (nSPS) is 10.1. The molecule has 0 saturated carbocycles. The van der Waals surface area contributed by atoms with E-state index in [2.05, 4.69) is 5.32 Å². The van der Waals surface area contributed by atoms with Gasteiger partial charge in [-0.15, -0.1) is 0 Å². The van der Waals surface area contributed by atoms with Gasteiger partial charge in [0.25, 0.3) is 5.91 Å². The van der Waals surface area contributed by atoms with Gasteiger partial charge in [0.2, 0.25) is 5.91 Å². The van der Waals surface area contributed by atoms with Gasteiger partial charge in [-0.25, -0.2) is 10.9 Å². The lowest BCUT2D eigenvalue weighted by Gasteiger charge is -2.19. The highest BCUT2D eigenvalue weighted by Crippen LogP contribution is 2.32. The highest BCUT2D eigenvalue weighted by atomic mass is 35.5. The molecule has 23 heavy (non-hydrogen) atoms. The summed E-state index contributed by atoms with van der Waals surface area (Å²) in [5.74, 6) is 5.38. The number of hydrazine groups is 1. The number of carbonyl (C=O) groups is 2. The number of nitrogens with two attached hydrogens (primary N) is 1. The molecule has 0 heterocycles. The maximum atomic E-state index is 12.6. The molecule has 0 aromatic heterocycles. The van der Waals surface area contributed by atoms with Crippen LogP contribution in [0.4, 0.5) is 11.4 Å². The van der Waals surface area contributed by atoms with Crippen molar-refractivity contribution >= 4 is 34.8 Å². The lowest BCUT2D eigenvalue weighted by Crippen LogP contribution is -2.37. The Bertz CT molecular complexity index is 735. The van der Waals surface area contributed by atoms with E-state index < -0.39 is 5.91 Å². The molecule has 0 aliphatic rings. The van der Waals surface area contributed by atoms with Gasteiger partial charge in [-0.1, -0.05) is 29.8 Å². The second kappa shape index (κ2) is 7.13. The Morgan fingerprint density at radius 2 is 1.87 bits per heavy atom. The Labute approximate surface area is 138 Å². The molecule has 0 radical (unpaired) electrons. The summed E-state index contributed by atoms with van der Waals surface area (Å²) in [5, 5.41) is 3.79. The average molecular weight is 334 g/mol. The third-order valence-electron chi connectivity index (χ3n) is 3.08. The number of benzene rings is 2. The first-order chi connectivity index (χ1) is 10.9. The van der Waals surface area contributed by atoms with Gasteiger partial charge in [-0.2, -0.15) is 0 Å². The van der Waals surface area contributed by atoms with E-state index in [1.165, 1.54) is 26.2 Å². The van der Waals surface area contributed by atoms with Crippen LogP contribution in [-0.4, -0.2) is 18.9 Å². The summed E-state index contributed by atoms with van der Waals surface area (Å²) >= 11 is 6.12. The second-order valence-electron chi connectivity index (χ2n) is 4.72. The van der Waals surface area contributed by atoms with Crippen molar-refractivity contribution in [1.82, 2.24) is 0 Å². The molecule has 0 atom stereocenters. The van der Waals surface area contributed by atoms with E-state index in [4.69, 9.17) is 22.2 Å². The molecule has 6 nitrogen and oxygen atoms in total. The van der Waals surface area contributed by atoms with Gasteiger partial charge in [0.1, 0.15) is 5.75 Å². The van der Waals surface area contributed by atoms with Crippen molar-refractivity contribution < 1.29 is 14.3 Å². The standard InChI is InChI=1S/C16H16ClN3O3/c1-10(21)19-14-9-15(23-2)12(8-13(14)17)16(22)20(18)11-6-4-3-5-7-11/h3-9H,18H2,1-2H3,(H,19,21). The number of hydrogen-bond donors (Lipinski definition) is 2. The smallest absolute Gasteiger partial charge is 0.276 e. The van der Waals surface area contributed by atoms with Crippen LogP contribution in [0.2, 0.25) is 5.02 Å². The molecule has 0 unspecified atom stereocenters. The van der Waals surface area contributed by atoms with Crippen molar-refractivity contribution in [2.24, 2.45) is 5.84 Å². The van der Waals surface area contributed by atoms with Gasteiger partial charge >= 0.3 is 0 Å². The zero-order chi connectivity index (χ0) is 17.0. The predicted molar refractivity (Wildman–Crippen MR) is 89.7 cm³/mol. The summed E-state index contributed by atoms with van der Waals surface area (Å²) < 4.78 is 5.22. The fourth-order valence-corrected chi connectivity index (χ4v) is 2.22. The SMILES string of the molecule is COc1cc(NC(C)=O)c(Cl)cc1C(=O)N(N)c1ccccc1. The molecule has 3 N–H and O–H groups in total. The number of carbonyl (C=O) groups excluding carboxylic acids is 2. The maximum Gasteiger partial charge on any atom is 0.276 e. The molecule has 0 bridgehead atoms. The number of rotatable bonds is 4. The number of para-hydroxylation sites is 1. The Morgan fingerprint density at radius 3 is 2.43 bits per heavy atom. The summed E-state index contributed by atoms with van der Waals surface area (Å²) in [7, 11) is 1.42. The Morgan fingerprint density at radius 1 is 1.22 bits per heavy atom. The molecular weight excluding hydrogens is 318 g/mol. The van der Waals surface area contributed by atoms with Gasteiger partial charge in [-0.3, -0.25) is 9.59 Å². The maximum absolute atomic E-state index is 12.6. The summed E-state index contributed by atoms with van der Waals surface area (Å²) in [6.45, 7) is 1.36. The van der Waals surface area contributed by atoms with E-state index in [0.717, 1.165) is 5.01 Å². The number of amides is 2. The van der Waals surface area contributed by atoms with E-state index in [1.807, 2.05) is 6.07 Å². The lowest BCUT2D eigenvalue weighted by atomic mass is 10.1. The van der Waals surface area contributed by atoms with Crippen molar-refractivity contribution in [2.45, 2.75) is 6.92 Å². The molecule has 2 rings (SSSR count). The van der Waals surface area contributed by atoms with Crippen LogP contribution < -0.4 is 20.9 Å². The molecular formula is C16H16ClN3O3. The topological polar surface area (TPSA) is 84.7 Å². The highest BCUT2D eigenvalue weighted by Gasteiger charge is 2.21. The van der Waals surface area contributed by atoms with Crippen LogP contribution in [-0.2, 0) is 4.79 Å². The molecule has 2 amide bonds. The molecule has 2 aromatic rings. The molecule has 0 aliphatic carbocycles. The van der Waals surface area contributed by atoms with Crippen LogP contribution in [0.3, 0.4) is 0 Å². The molecule has 7 heteroatoms. The van der Waals surface area contributed by atoms with Gasteiger partial charge in [0.05, 0.1) is 29.1 Å². The van der Waals surface area contributed by atoms with Crippen molar-refractivity contribution in [1.29, 1.82) is 0 Å². The summed E-state index contributed by atoms with van der Waals surface area (Å²) in [6, 6.07) is 11.7. The zero-order valence-corrected chi connectivity index (χ0v) is 13.4. The Kier molecular flexibility index (Phi) is 5.20. The van der Waals surface area contributed by atoms with Crippen molar-refractivity contribution in [2.75, 3.05) is 17.4 Å². The van der Waals surface area contributed by atoms with E-state index in [1.54, 1.807) is 24.3 Å². The van der Waals surface area contributed by atoms with E-state index in [9.17, 15) is 9.59 Å². The largest absolute Gasteiger partial charge is 0.496 e. The first-order valence-electron chi connectivity index (χ1n) is 6.73. The van der Waals surface area contributed by atoms with Crippen molar-refractivity contribution in [3.05, 3.63) is 53.1 Å². The quantitative estimate of drug-likeness (QED) is 0.512. The number of ether oxygens (including phenoxy) is 1. The predicted octanol–water partition coefficient (Wildman–Crippen LogP) is 2.83. The molecule has 0 aliphatic heterocycles. The Hall–Kier alpha value is -2.57. The number of methoxy groups -OCH3 is 1. The first-order valence-corrected chi connectivity index (χ1v) is 7.11. The molecule has 120 valence electrons. The van der Waals surface area contributed by atoms with Gasteiger partial charge in [0.15, 0.2) is 0 Å². The second-order valence-corrected chi connectivity index (χ2v) is 5.13. The number of anilines is 2. The van der Waals surface area contributed by atoms with Gasteiger partial charge < -0.3 is 10.1 Å². The summed E-state index contributed by atoms with van der Waals surface area (Å²) in [4.78, 5) is 23.8. The summed E-state index contributed by atoms with van der Waals surface area (Å²) in [6.07, 6.45) is 0. The van der Waals surface area contributed by atoms with Crippen molar-refractivity contribution in [3.63, 3.8) is 0 Å². The van der Waals surface area contributed by atoms with Crippen LogP contribution in [0.5, 0.6) is 5.75 Å². The third kappa shape index (κ3) is 3.80. The fraction of sp³-hybridized carbons (Fsp3) is 0.125. The first kappa shape index (κ1) is 16.8. The van der Waals surface area contributed by atoms with E-state index >= 15 is 0 Å². The molecule has 0 spiro atoms. The average Bonchev–Trinajstić information content (AvgIpc) is 2.55. The number of hydrogen-bond acceptors (Lipinski definition) is 4. The van der Waals surface area contributed by atoms with Gasteiger partial charge in [-0.05, 0) is 18.2 Å².